The van der Waals surface area contributed by atoms with Crippen molar-refractivity contribution >= 4 is 22.4 Å². The predicted octanol–water partition coefficient (Wildman–Crippen LogP) is 3.58. The Kier molecular flexibility index (Phi) is 5.40. The Morgan fingerprint density at radius 3 is 3.00 bits per heavy atom. The zero-order valence-corrected chi connectivity index (χ0v) is 13.4. The molecule has 0 saturated carbocycles. The highest BCUT2D eigenvalue weighted by Crippen LogP contribution is 2.29. The summed E-state index contributed by atoms with van der Waals surface area (Å²) in [6.45, 7) is 8.90. The van der Waals surface area contributed by atoms with E-state index < -0.39 is 0 Å². The number of rotatable bonds is 4. The molecule has 1 aliphatic rings. The summed E-state index contributed by atoms with van der Waals surface area (Å²) in [7, 11) is 0. The average molecular weight is 296 g/mol. The Morgan fingerprint density at radius 2 is 2.30 bits per heavy atom. The number of carbonyl (C=O) groups is 1. The molecular weight excluding hydrogens is 272 g/mol. The summed E-state index contributed by atoms with van der Waals surface area (Å²) in [5.41, 5.74) is 0.441. The van der Waals surface area contributed by atoms with Gasteiger partial charge in [-0.3, -0.25) is 0 Å². The minimum absolute atomic E-state index is 0.315. The van der Waals surface area contributed by atoms with Gasteiger partial charge in [0.05, 0.1) is 6.61 Å². The molecule has 1 fully saturated rings. The van der Waals surface area contributed by atoms with Gasteiger partial charge in [-0.15, -0.1) is 11.3 Å². The SMILES string of the molecule is CCOC(=O)c1csc(N2CCCC(C(C)C)CC2)n1. The number of esters is 1. The van der Waals surface area contributed by atoms with E-state index in [4.69, 9.17) is 4.74 Å². The number of anilines is 1. The first-order valence-electron chi connectivity index (χ1n) is 7.49. The quantitative estimate of drug-likeness (QED) is 0.796. The van der Waals surface area contributed by atoms with E-state index in [1.165, 1.54) is 19.3 Å². The number of aromatic nitrogens is 1. The second kappa shape index (κ2) is 7.07. The van der Waals surface area contributed by atoms with E-state index in [1.807, 2.05) is 6.92 Å². The zero-order chi connectivity index (χ0) is 14.5. The van der Waals surface area contributed by atoms with Crippen LogP contribution in [-0.2, 0) is 4.74 Å². The number of hydrogen-bond donors (Lipinski definition) is 0. The molecule has 20 heavy (non-hydrogen) atoms. The van der Waals surface area contributed by atoms with Crippen LogP contribution in [0, 0.1) is 11.8 Å². The molecule has 0 radical (unpaired) electrons. The highest BCUT2D eigenvalue weighted by atomic mass is 32.1. The minimum Gasteiger partial charge on any atom is -0.461 e. The fourth-order valence-corrected chi connectivity index (χ4v) is 3.54. The molecule has 1 unspecified atom stereocenters. The fraction of sp³-hybridized carbons (Fsp3) is 0.733. The molecule has 1 saturated heterocycles. The Morgan fingerprint density at radius 1 is 1.50 bits per heavy atom. The van der Waals surface area contributed by atoms with Crippen molar-refractivity contribution in [2.45, 2.75) is 40.0 Å². The van der Waals surface area contributed by atoms with Crippen LogP contribution in [0.4, 0.5) is 5.13 Å². The van der Waals surface area contributed by atoms with Crippen LogP contribution < -0.4 is 4.90 Å². The lowest BCUT2D eigenvalue weighted by Crippen LogP contribution is -2.24. The van der Waals surface area contributed by atoms with Crippen LogP contribution in [0.15, 0.2) is 5.38 Å². The van der Waals surface area contributed by atoms with Crippen LogP contribution in [-0.4, -0.2) is 30.6 Å². The molecule has 0 spiro atoms. The summed E-state index contributed by atoms with van der Waals surface area (Å²) in [6.07, 6.45) is 3.72. The van der Waals surface area contributed by atoms with Crippen molar-refractivity contribution in [2.24, 2.45) is 11.8 Å². The first kappa shape index (κ1) is 15.3. The van der Waals surface area contributed by atoms with E-state index in [9.17, 15) is 4.79 Å². The summed E-state index contributed by atoms with van der Waals surface area (Å²) in [6, 6.07) is 0. The highest BCUT2D eigenvalue weighted by Gasteiger charge is 2.22. The summed E-state index contributed by atoms with van der Waals surface area (Å²) >= 11 is 1.54. The Hall–Kier alpha value is -1.10. The lowest BCUT2D eigenvalue weighted by molar-refractivity contribution is 0.0520. The van der Waals surface area contributed by atoms with Gasteiger partial charge in [0, 0.05) is 18.5 Å². The summed E-state index contributed by atoms with van der Waals surface area (Å²) in [4.78, 5) is 18.4. The molecule has 112 valence electrons. The van der Waals surface area contributed by atoms with Crippen molar-refractivity contribution in [1.29, 1.82) is 0 Å². The van der Waals surface area contributed by atoms with Gasteiger partial charge in [0.1, 0.15) is 0 Å². The molecule has 0 amide bonds. The normalized spacial score (nSPS) is 20.0. The molecule has 1 aromatic heterocycles. The van der Waals surface area contributed by atoms with Crippen LogP contribution in [0.2, 0.25) is 0 Å². The standard InChI is InChI=1S/C15H24N2O2S/c1-4-19-14(18)13-10-20-15(16-13)17-8-5-6-12(7-9-17)11(2)3/h10-12H,4-9H2,1-3H3. The predicted molar refractivity (Wildman–Crippen MR) is 82.5 cm³/mol. The lowest BCUT2D eigenvalue weighted by atomic mass is 9.89. The third-order valence-corrected chi connectivity index (χ3v) is 4.86. The Bertz CT molecular complexity index is 445. The number of hydrogen-bond acceptors (Lipinski definition) is 5. The molecule has 2 heterocycles. The van der Waals surface area contributed by atoms with Gasteiger partial charge in [-0.1, -0.05) is 13.8 Å². The van der Waals surface area contributed by atoms with Gasteiger partial charge in [0.15, 0.2) is 10.8 Å². The monoisotopic (exact) mass is 296 g/mol. The maximum absolute atomic E-state index is 11.7. The maximum Gasteiger partial charge on any atom is 0.357 e. The Labute approximate surface area is 125 Å². The second-order valence-electron chi connectivity index (χ2n) is 5.66. The van der Waals surface area contributed by atoms with E-state index >= 15 is 0 Å². The molecule has 1 atom stereocenters. The van der Waals surface area contributed by atoms with Gasteiger partial charge in [0.2, 0.25) is 0 Å². The molecule has 0 N–H and O–H groups in total. The maximum atomic E-state index is 11.7. The molecule has 0 bridgehead atoms. The Balaban J connectivity index is 1.99. The van der Waals surface area contributed by atoms with E-state index in [0.29, 0.717) is 12.3 Å². The van der Waals surface area contributed by atoms with E-state index in [-0.39, 0.29) is 5.97 Å². The molecule has 1 aromatic rings. The van der Waals surface area contributed by atoms with E-state index in [2.05, 4.69) is 23.7 Å². The first-order chi connectivity index (χ1) is 9.61. The number of ether oxygens (including phenoxy) is 1. The minimum atomic E-state index is -0.315. The van der Waals surface area contributed by atoms with E-state index in [1.54, 1.807) is 16.7 Å². The summed E-state index contributed by atoms with van der Waals surface area (Å²) in [5.74, 6) is 1.25. The van der Waals surface area contributed by atoms with Gasteiger partial charge >= 0.3 is 5.97 Å². The van der Waals surface area contributed by atoms with Gasteiger partial charge in [-0.05, 0) is 38.0 Å². The van der Waals surface area contributed by atoms with Gasteiger partial charge < -0.3 is 9.64 Å². The number of carbonyl (C=O) groups excluding carboxylic acids is 1. The smallest absolute Gasteiger partial charge is 0.357 e. The van der Waals surface area contributed by atoms with Crippen molar-refractivity contribution in [3.05, 3.63) is 11.1 Å². The summed E-state index contributed by atoms with van der Waals surface area (Å²) < 4.78 is 4.99. The molecular formula is C15H24N2O2S. The van der Waals surface area contributed by atoms with Crippen LogP contribution in [0.25, 0.3) is 0 Å². The van der Waals surface area contributed by atoms with Crippen LogP contribution in [0.1, 0.15) is 50.5 Å². The number of thiazole rings is 1. The molecule has 0 aliphatic carbocycles. The average Bonchev–Trinajstić information content (AvgIpc) is 2.77. The van der Waals surface area contributed by atoms with Crippen molar-refractivity contribution in [3.8, 4) is 0 Å². The summed E-state index contributed by atoms with van der Waals surface area (Å²) in [5, 5.41) is 2.76. The number of nitrogens with zero attached hydrogens (tertiary/aromatic N) is 2. The topological polar surface area (TPSA) is 42.4 Å². The molecule has 5 heteroatoms. The molecule has 0 aromatic carbocycles. The van der Waals surface area contributed by atoms with Crippen LogP contribution in [0.3, 0.4) is 0 Å². The van der Waals surface area contributed by atoms with Crippen LogP contribution in [0.5, 0.6) is 0 Å². The second-order valence-corrected chi connectivity index (χ2v) is 6.49. The highest BCUT2D eigenvalue weighted by molar-refractivity contribution is 7.13. The van der Waals surface area contributed by atoms with Crippen molar-refractivity contribution < 1.29 is 9.53 Å². The third-order valence-electron chi connectivity index (χ3n) is 3.96. The van der Waals surface area contributed by atoms with Crippen molar-refractivity contribution in [1.82, 2.24) is 4.98 Å². The van der Waals surface area contributed by atoms with Crippen molar-refractivity contribution in [2.75, 3.05) is 24.6 Å². The molecule has 4 nitrogen and oxygen atoms in total. The van der Waals surface area contributed by atoms with Gasteiger partial charge in [-0.2, -0.15) is 0 Å². The first-order valence-corrected chi connectivity index (χ1v) is 8.37. The largest absolute Gasteiger partial charge is 0.461 e. The fourth-order valence-electron chi connectivity index (χ4n) is 2.69. The van der Waals surface area contributed by atoms with Gasteiger partial charge in [0.25, 0.3) is 0 Å². The van der Waals surface area contributed by atoms with Crippen molar-refractivity contribution in [3.63, 3.8) is 0 Å². The lowest BCUT2D eigenvalue weighted by Gasteiger charge is -2.20. The van der Waals surface area contributed by atoms with Crippen LogP contribution >= 0.6 is 11.3 Å². The molecule has 1 aliphatic heterocycles. The molecule has 2 rings (SSSR count). The van der Waals surface area contributed by atoms with E-state index in [0.717, 1.165) is 30.1 Å². The van der Waals surface area contributed by atoms with Gasteiger partial charge in [-0.25, -0.2) is 9.78 Å². The zero-order valence-electron chi connectivity index (χ0n) is 12.6. The third kappa shape index (κ3) is 3.72.